The van der Waals surface area contributed by atoms with Gasteiger partial charge in [-0.1, -0.05) is 11.3 Å². The molecule has 2 aromatic heterocycles. The van der Waals surface area contributed by atoms with E-state index in [-0.39, 0.29) is 0 Å². The third-order valence-electron chi connectivity index (χ3n) is 1.60. The fraction of sp³-hybridized carbons (Fsp3) is 0.286. The molecule has 0 radical (unpaired) electrons. The maximum atomic E-state index is 5.46. The van der Waals surface area contributed by atoms with Gasteiger partial charge in [0.2, 0.25) is 0 Å². The highest BCUT2D eigenvalue weighted by atomic mass is 32.1. The number of nitrogens with two attached hydrogens (primary N) is 1. The van der Waals surface area contributed by atoms with Gasteiger partial charge in [-0.25, -0.2) is 4.98 Å². The third-order valence-corrected chi connectivity index (χ3v) is 2.56. The second-order valence-electron chi connectivity index (χ2n) is 2.49. The van der Waals surface area contributed by atoms with Crippen molar-refractivity contribution in [3.05, 3.63) is 16.8 Å². The van der Waals surface area contributed by atoms with Gasteiger partial charge in [-0.05, 0) is 12.5 Å². The third kappa shape index (κ3) is 1.07. The number of hydrogen-bond acceptors (Lipinski definition) is 5. The number of fused-ring (bicyclic) bond motifs is 1. The lowest BCUT2D eigenvalue weighted by atomic mass is 10.3. The molecule has 0 aromatic carbocycles. The molecular weight excluding hydrogens is 172 g/mol. The highest BCUT2D eigenvalue weighted by Crippen LogP contribution is 2.20. The van der Waals surface area contributed by atoms with Gasteiger partial charge in [0.1, 0.15) is 10.5 Å². The van der Waals surface area contributed by atoms with Crippen molar-refractivity contribution in [2.45, 2.75) is 13.5 Å². The summed E-state index contributed by atoms with van der Waals surface area (Å²) >= 11 is 1.50. The zero-order chi connectivity index (χ0) is 8.55. The Hall–Kier alpha value is -1.07. The molecule has 0 aliphatic heterocycles. The first kappa shape index (κ1) is 7.57. The summed E-state index contributed by atoms with van der Waals surface area (Å²) < 4.78 is 0. The van der Waals surface area contributed by atoms with E-state index < -0.39 is 0 Å². The van der Waals surface area contributed by atoms with E-state index in [1.807, 2.05) is 6.92 Å². The smallest absolute Gasteiger partial charge is 0.166 e. The van der Waals surface area contributed by atoms with Crippen LogP contribution in [0, 0.1) is 6.92 Å². The van der Waals surface area contributed by atoms with Gasteiger partial charge in [-0.15, -0.1) is 5.10 Å². The fourth-order valence-electron chi connectivity index (χ4n) is 0.996. The van der Waals surface area contributed by atoms with Crippen molar-refractivity contribution < 1.29 is 0 Å². The molecule has 0 spiro atoms. The van der Waals surface area contributed by atoms with Crippen molar-refractivity contribution in [3.8, 4) is 0 Å². The first-order valence-corrected chi connectivity index (χ1v) is 4.40. The quantitative estimate of drug-likeness (QED) is 0.706. The summed E-state index contributed by atoms with van der Waals surface area (Å²) in [6.45, 7) is 2.44. The van der Waals surface area contributed by atoms with Crippen LogP contribution in [0.25, 0.3) is 10.3 Å². The monoisotopic (exact) mass is 180 g/mol. The van der Waals surface area contributed by atoms with Crippen molar-refractivity contribution >= 4 is 21.7 Å². The molecule has 2 rings (SSSR count). The fourth-order valence-corrected chi connectivity index (χ4v) is 1.83. The molecule has 0 bridgehead atoms. The van der Waals surface area contributed by atoms with Crippen LogP contribution >= 0.6 is 11.3 Å². The number of aromatic nitrogens is 3. The van der Waals surface area contributed by atoms with Crippen LogP contribution < -0.4 is 5.73 Å². The number of hydrogen-bond donors (Lipinski definition) is 1. The predicted octanol–water partition coefficient (Wildman–Crippen LogP) is 0.853. The standard InChI is InChI=1S/C7H8N4S/c1-4-3-9-11-7-6(4)10-5(2-8)12-7/h3H,2,8H2,1H3. The van der Waals surface area contributed by atoms with E-state index >= 15 is 0 Å². The average Bonchev–Trinajstić information content (AvgIpc) is 2.49. The highest BCUT2D eigenvalue weighted by molar-refractivity contribution is 7.18. The number of nitrogens with zero attached hydrogens (tertiary/aromatic N) is 3. The Kier molecular flexibility index (Phi) is 1.74. The molecule has 5 heteroatoms. The van der Waals surface area contributed by atoms with Gasteiger partial charge in [0, 0.05) is 6.54 Å². The molecule has 0 fully saturated rings. The summed E-state index contributed by atoms with van der Waals surface area (Å²) in [6, 6.07) is 0. The van der Waals surface area contributed by atoms with Crippen LogP contribution in [-0.2, 0) is 6.54 Å². The normalized spacial score (nSPS) is 10.8. The van der Waals surface area contributed by atoms with Gasteiger partial charge < -0.3 is 5.73 Å². The maximum absolute atomic E-state index is 5.46. The van der Waals surface area contributed by atoms with Crippen molar-refractivity contribution in [2.24, 2.45) is 5.73 Å². The molecule has 12 heavy (non-hydrogen) atoms. The minimum atomic E-state index is 0.473. The first-order chi connectivity index (χ1) is 5.81. The van der Waals surface area contributed by atoms with Crippen molar-refractivity contribution in [1.29, 1.82) is 0 Å². The van der Waals surface area contributed by atoms with Crippen LogP contribution in [0.3, 0.4) is 0 Å². The molecule has 62 valence electrons. The van der Waals surface area contributed by atoms with Crippen molar-refractivity contribution in [1.82, 2.24) is 15.2 Å². The molecule has 0 aliphatic rings. The van der Waals surface area contributed by atoms with Crippen LogP contribution in [-0.4, -0.2) is 15.2 Å². The van der Waals surface area contributed by atoms with E-state index in [9.17, 15) is 0 Å². The van der Waals surface area contributed by atoms with Crippen LogP contribution in [0.2, 0.25) is 0 Å². The summed E-state index contributed by atoms with van der Waals surface area (Å²) in [5.41, 5.74) is 7.44. The van der Waals surface area contributed by atoms with E-state index in [0.29, 0.717) is 6.54 Å². The lowest BCUT2D eigenvalue weighted by Crippen LogP contribution is -1.94. The number of thiazole rings is 1. The molecule has 0 saturated carbocycles. The zero-order valence-electron chi connectivity index (χ0n) is 6.61. The van der Waals surface area contributed by atoms with Crippen LogP contribution in [0.5, 0.6) is 0 Å². The van der Waals surface area contributed by atoms with Gasteiger partial charge in [-0.2, -0.15) is 5.10 Å². The topological polar surface area (TPSA) is 64.7 Å². The molecule has 0 unspecified atom stereocenters. The van der Waals surface area contributed by atoms with E-state index in [1.54, 1.807) is 6.20 Å². The van der Waals surface area contributed by atoms with Crippen molar-refractivity contribution in [3.63, 3.8) is 0 Å². The largest absolute Gasteiger partial charge is 0.325 e. The Morgan fingerprint density at radius 3 is 3.08 bits per heavy atom. The second-order valence-corrected chi connectivity index (χ2v) is 3.56. The molecule has 0 saturated heterocycles. The lowest BCUT2D eigenvalue weighted by Gasteiger charge is -1.88. The summed E-state index contributed by atoms with van der Waals surface area (Å²) in [7, 11) is 0. The molecular formula is C7H8N4S. The predicted molar refractivity (Wildman–Crippen MR) is 47.8 cm³/mol. The summed E-state index contributed by atoms with van der Waals surface area (Å²) in [5, 5.41) is 8.71. The van der Waals surface area contributed by atoms with Crippen LogP contribution in [0.4, 0.5) is 0 Å². The van der Waals surface area contributed by atoms with Crippen LogP contribution in [0.15, 0.2) is 6.20 Å². The Morgan fingerprint density at radius 2 is 2.42 bits per heavy atom. The number of rotatable bonds is 1. The second kappa shape index (κ2) is 2.76. The molecule has 2 N–H and O–H groups in total. The maximum Gasteiger partial charge on any atom is 0.166 e. The number of aryl methyl sites for hydroxylation is 1. The van der Waals surface area contributed by atoms with Crippen molar-refractivity contribution in [2.75, 3.05) is 0 Å². The average molecular weight is 180 g/mol. The van der Waals surface area contributed by atoms with Gasteiger partial charge in [-0.3, -0.25) is 0 Å². The minimum Gasteiger partial charge on any atom is -0.325 e. The molecule has 0 atom stereocenters. The summed E-state index contributed by atoms with van der Waals surface area (Å²) in [6.07, 6.45) is 1.71. The van der Waals surface area contributed by atoms with Gasteiger partial charge in [0.15, 0.2) is 4.83 Å². The molecule has 2 heterocycles. The van der Waals surface area contributed by atoms with E-state index in [1.165, 1.54) is 11.3 Å². The summed E-state index contributed by atoms with van der Waals surface area (Å²) in [5.74, 6) is 0. The SMILES string of the molecule is Cc1cnnc2sc(CN)nc12. The summed E-state index contributed by atoms with van der Waals surface area (Å²) in [4.78, 5) is 5.19. The van der Waals surface area contributed by atoms with Crippen LogP contribution in [0.1, 0.15) is 10.6 Å². The highest BCUT2D eigenvalue weighted by Gasteiger charge is 2.05. The molecule has 0 amide bonds. The Bertz CT molecular complexity index is 409. The first-order valence-electron chi connectivity index (χ1n) is 3.59. The Balaban J connectivity index is 2.74. The zero-order valence-corrected chi connectivity index (χ0v) is 7.43. The van der Waals surface area contributed by atoms with E-state index in [2.05, 4.69) is 15.2 Å². The van der Waals surface area contributed by atoms with Gasteiger partial charge in [0.25, 0.3) is 0 Å². The lowest BCUT2D eigenvalue weighted by molar-refractivity contribution is 1.04. The van der Waals surface area contributed by atoms with E-state index in [0.717, 1.165) is 20.9 Å². The molecule has 4 nitrogen and oxygen atoms in total. The molecule has 2 aromatic rings. The van der Waals surface area contributed by atoms with Gasteiger partial charge >= 0.3 is 0 Å². The van der Waals surface area contributed by atoms with E-state index in [4.69, 9.17) is 5.73 Å². The molecule has 0 aliphatic carbocycles. The van der Waals surface area contributed by atoms with Gasteiger partial charge in [0.05, 0.1) is 6.20 Å². The Morgan fingerprint density at radius 1 is 1.58 bits per heavy atom. The Labute approximate surface area is 73.5 Å². The minimum absolute atomic E-state index is 0.473.